The summed E-state index contributed by atoms with van der Waals surface area (Å²) in [6.45, 7) is 0.619. The van der Waals surface area contributed by atoms with E-state index in [2.05, 4.69) is 0 Å². The maximum atomic E-state index is 14.0. The van der Waals surface area contributed by atoms with Gasteiger partial charge in [-0.25, -0.2) is 4.79 Å². The molecule has 12 bridgehead atoms. The lowest BCUT2D eigenvalue weighted by Crippen LogP contribution is -2.69. The quantitative estimate of drug-likeness (QED) is 0.238. The molecule has 13 aliphatic rings. The van der Waals surface area contributed by atoms with Crippen LogP contribution in [-0.2, 0) is 47.7 Å². The highest BCUT2D eigenvalue weighted by molar-refractivity contribution is 5.90. The third kappa shape index (κ3) is 5.00. The van der Waals surface area contributed by atoms with Crippen molar-refractivity contribution in [3.05, 3.63) is 0 Å². The van der Waals surface area contributed by atoms with Crippen LogP contribution in [0.3, 0.4) is 0 Å². The molecule has 12 saturated carbocycles. The summed E-state index contributed by atoms with van der Waals surface area (Å²) < 4.78 is 59.4. The molecule has 0 aromatic carbocycles. The van der Waals surface area contributed by atoms with Crippen molar-refractivity contribution in [2.45, 2.75) is 121 Å². The molecule has 1 saturated heterocycles. The molecular formula is C40H50F2O10. The Morgan fingerprint density at radius 3 is 1.50 bits per heavy atom. The van der Waals surface area contributed by atoms with Gasteiger partial charge in [0.05, 0.1) is 29.5 Å². The van der Waals surface area contributed by atoms with Crippen molar-refractivity contribution in [3.8, 4) is 0 Å². The van der Waals surface area contributed by atoms with Crippen molar-refractivity contribution < 1.29 is 56.4 Å². The van der Waals surface area contributed by atoms with Crippen molar-refractivity contribution in [1.82, 2.24) is 0 Å². The van der Waals surface area contributed by atoms with Crippen LogP contribution in [0.2, 0.25) is 0 Å². The summed E-state index contributed by atoms with van der Waals surface area (Å²) in [5, 5.41) is 0. The number of Topliss-reactive ketones (excluding diaryl/α,β-unsaturated/α-hetero) is 2. The van der Waals surface area contributed by atoms with Crippen molar-refractivity contribution in [2.75, 3.05) is 26.4 Å². The number of carbonyl (C=O) groups excluding carboxylic acids is 5. The van der Waals surface area contributed by atoms with E-state index in [1.807, 2.05) is 0 Å². The van der Waals surface area contributed by atoms with Crippen LogP contribution < -0.4 is 0 Å². The van der Waals surface area contributed by atoms with Gasteiger partial charge in [-0.05, 0) is 114 Å². The molecule has 13 rings (SSSR count). The third-order valence-electron chi connectivity index (χ3n) is 16.0. The topological polar surface area (TPSA) is 132 Å². The molecule has 1 heterocycles. The van der Waals surface area contributed by atoms with Gasteiger partial charge in [-0.2, -0.15) is 8.78 Å². The van der Waals surface area contributed by atoms with E-state index in [4.69, 9.17) is 23.7 Å². The lowest BCUT2D eigenvalue weighted by Gasteiger charge is -2.65. The van der Waals surface area contributed by atoms with Crippen LogP contribution in [0.15, 0.2) is 0 Å². The minimum atomic E-state index is -3.58. The molecule has 1 aliphatic heterocycles. The van der Waals surface area contributed by atoms with Crippen LogP contribution in [0.25, 0.3) is 0 Å². The zero-order chi connectivity index (χ0) is 36.1. The van der Waals surface area contributed by atoms with Gasteiger partial charge in [0.1, 0.15) is 30.4 Å². The second-order valence-corrected chi connectivity index (χ2v) is 19.8. The number of hydrogen-bond donors (Lipinski definition) is 0. The largest absolute Gasteiger partial charge is 0.464 e. The Balaban J connectivity index is 0.873. The van der Waals surface area contributed by atoms with Crippen molar-refractivity contribution in [3.63, 3.8) is 0 Å². The lowest BCUT2D eigenvalue weighted by molar-refractivity contribution is -0.397. The number of ketones is 2. The van der Waals surface area contributed by atoms with E-state index in [0.717, 1.165) is 51.4 Å². The Hall–Kier alpha value is -2.47. The first-order chi connectivity index (χ1) is 24.6. The summed E-state index contributed by atoms with van der Waals surface area (Å²) in [6, 6.07) is 0. The fourth-order valence-electron chi connectivity index (χ4n) is 14.3. The molecule has 0 aromatic rings. The molecule has 52 heavy (non-hydrogen) atoms. The summed E-state index contributed by atoms with van der Waals surface area (Å²) in [5.41, 5.74) is -3.30. The van der Waals surface area contributed by atoms with Crippen molar-refractivity contribution >= 4 is 29.5 Å². The highest BCUT2D eigenvalue weighted by atomic mass is 19.3. The van der Waals surface area contributed by atoms with Gasteiger partial charge in [-0.3, -0.25) is 19.2 Å². The monoisotopic (exact) mass is 728 g/mol. The first kappa shape index (κ1) is 34.1. The number of esters is 3. The molecule has 6 atom stereocenters. The van der Waals surface area contributed by atoms with Gasteiger partial charge in [-0.1, -0.05) is 0 Å². The van der Waals surface area contributed by atoms with Gasteiger partial charge in [0.2, 0.25) is 0 Å². The zero-order valence-corrected chi connectivity index (χ0v) is 30.0. The zero-order valence-electron chi connectivity index (χ0n) is 30.0. The van der Waals surface area contributed by atoms with Gasteiger partial charge < -0.3 is 23.7 Å². The van der Waals surface area contributed by atoms with Crippen LogP contribution in [0.4, 0.5) is 8.78 Å². The maximum Gasteiger partial charge on any atom is 0.377 e. The van der Waals surface area contributed by atoms with Gasteiger partial charge in [-0.15, -0.1) is 0 Å². The van der Waals surface area contributed by atoms with Crippen molar-refractivity contribution in [1.29, 1.82) is 0 Å². The maximum absolute atomic E-state index is 14.0. The van der Waals surface area contributed by atoms with Crippen molar-refractivity contribution in [2.24, 2.45) is 69.5 Å². The molecule has 1 spiro atoms. The van der Waals surface area contributed by atoms with E-state index < -0.39 is 39.5 Å². The average molecular weight is 729 g/mol. The molecule has 10 nitrogen and oxygen atoms in total. The second-order valence-electron chi connectivity index (χ2n) is 19.8. The molecule has 6 unspecified atom stereocenters. The summed E-state index contributed by atoms with van der Waals surface area (Å²) in [4.78, 5) is 66.1. The van der Waals surface area contributed by atoms with Crippen LogP contribution >= 0.6 is 0 Å². The number of hydrogen-bond acceptors (Lipinski definition) is 10. The second kappa shape index (κ2) is 11.1. The first-order valence-electron chi connectivity index (χ1n) is 19.9. The van der Waals surface area contributed by atoms with E-state index in [9.17, 15) is 32.8 Å². The predicted molar refractivity (Wildman–Crippen MR) is 174 cm³/mol. The molecule has 12 heteroatoms. The average Bonchev–Trinajstić information content (AvgIpc) is 3.09. The fourth-order valence-corrected chi connectivity index (χ4v) is 14.3. The molecule has 0 radical (unpaired) electrons. The Labute approximate surface area is 302 Å². The SMILES string of the molecule is CC(F)(F)C(=O)OC12CC3CC(C1)C1(OCC(COC(=O)C45CC6CC(C4)C(=O)C(C6)C5)(COC(=O)C45CC6CC(C4)C(=O)C(C6)C5)CO1)C(C3)C2. The first-order valence-corrected chi connectivity index (χ1v) is 19.9. The highest BCUT2D eigenvalue weighted by Gasteiger charge is 2.68. The van der Waals surface area contributed by atoms with E-state index in [1.54, 1.807) is 0 Å². The minimum Gasteiger partial charge on any atom is -0.464 e. The molecular weight excluding hydrogens is 678 g/mol. The van der Waals surface area contributed by atoms with E-state index >= 15 is 0 Å². The molecule has 0 aromatic heterocycles. The van der Waals surface area contributed by atoms with Gasteiger partial charge in [0.25, 0.3) is 0 Å². The number of carbonyl (C=O) groups is 5. The van der Waals surface area contributed by atoms with E-state index in [1.165, 1.54) is 0 Å². The summed E-state index contributed by atoms with van der Waals surface area (Å²) in [5.74, 6) is -5.81. The summed E-state index contributed by atoms with van der Waals surface area (Å²) >= 11 is 0. The highest BCUT2D eigenvalue weighted by Crippen LogP contribution is 2.65. The Bertz CT molecular complexity index is 1480. The standard InChI is InChI=1S/C40H50F2O10/c1-35(41,42)32(45)52-39-10-23-6-28(15-39)40(29(7-23)16-39)50-19-36(20-51-40,17-48-33(46)37-8-21-2-24(11-37)30(43)25(3-21)12-37)18-49-34(47)38-9-22-4-26(13-38)31(44)27(5-22)14-38/h21-29H,2-20H2,1H3. The smallest absolute Gasteiger partial charge is 0.377 e. The van der Waals surface area contributed by atoms with Gasteiger partial charge in [0.15, 0.2) is 5.79 Å². The fraction of sp³-hybridized carbons (Fsp3) is 0.875. The Kier molecular flexibility index (Phi) is 7.25. The van der Waals surface area contributed by atoms with E-state index in [-0.39, 0.29) is 79.8 Å². The van der Waals surface area contributed by atoms with Gasteiger partial charge >= 0.3 is 23.8 Å². The van der Waals surface area contributed by atoms with Crippen LogP contribution in [-0.4, -0.2) is 73.2 Å². The Morgan fingerprint density at radius 2 is 1.08 bits per heavy atom. The lowest BCUT2D eigenvalue weighted by atomic mass is 9.49. The molecule has 284 valence electrons. The van der Waals surface area contributed by atoms with Crippen LogP contribution in [0.5, 0.6) is 0 Å². The van der Waals surface area contributed by atoms with Crippen LogP contribution in [0.1, 0.15) is 103 Å². The van der Waals surface area contributed by atoms with E-state index in [0.29, 0.717) is 75.3 Å². The Morgan fingerprint density at radius 1 is 0.654 bits per heavy atom. The minimum absolute atomic E-state index is 0.0741. The number of alkyl halides is 2. The summed E-state index contributed by atoms with van der Waals surface area (Å²) in [6.07, 6.45) is 9.83. The molecule has 0 N–H and O–H groups in total. The predicted octanol–water partition coefficient (Wildman–Crippen LogP) is 5.37. The van der Waals surface area contributed by atoms with Gasteiger partial charge in [0, 0.05) is 42.4 Å². The number of ether oxygens (including phenoxy) is 5. The van der Waals surface area contributed by atoms with Crippen LogP contribution in [0, 0.1) is 69.5 Å². The number of rotatable bonds is 8. The number of halogens is 2. The molecule has 13 fully saturated rings. The summed E-state index contributed by atoms with van der Waals surface area (Å²) in [7, 11) is 0. The molecule has 0 amide bonds. The third-order valence-corrected chi connectivity index (χ3v) is 16.0. The molecule has 12 aliphatic carbocycles. The normalized spacial score (nSPS) is 50.6.